The third-order valence-corrected chi connectivity index (χ3v) is 8.64. The zero-order valence-electron chi connectivity index (χ0n) is 15.2. The van der Waals surface area contributed by atoms with Crippen LogP contribution in [0.15, 0.2) is 12.7 Å². The van der Waals surface area contributed by atoms with E-state index >= 15 is 0 Å². The summed E-state index contributed by atoms with van der Waals surface area (Å²) in [4.78, 5) is 11.8. The molecule has 0 radical (unpaired) electrons. The number of ether oxygens (including phenoxy) is 1. The lowest BCUT2D eigenvalue weighted by Gasteiger charge is -2.40. The zero-order valence-corrected chi connectivity index (χ0v) is 17.0. The number of alkyl halides is 1. The van der Waals surface area contributed by atoms with Gasteiger partial charge in [0.25, 0.3) is 0 Å². The van der Waals surface area contributed by atoms with Crippen LogP contribution in [-0.4, -0.2) is 38.0 Å². The Kier molecular flexibility index (Phi) is 7.65. The predicted octanol–water partition coefficient (Wildman–Crippen LogP) is 4.69. The van der Waals surface area contributed by atoms with E-state index in [-0.39, 0.29) is 16.5 Å². The highest BCUT2D eigenvalue weighted by Crippen LogP contribution is 2.37. The maximum absolute atomic E-state index is 11.8. The van der Waals surface area contributed by atoms with Gasteiger partial charge in [-0.15, -0.1) is 18.2 Å². The molecule has 0 aliphatic carbocycles. The standard InChI is InChI=1S/C16H32ClNO3Si/c1-10-12(17)13(21-22(8,9)16(5,6)7)11-18-14(19)20-15(2,3)4/h10,12-13H,1,11H2,2-9H3,(H,18,19)/t12-,13+/m0/s1. The first kappa shape index (κ1) is 21.5. The molecule has 0 rings (SSSR count). The van der Waals surface area contributed by atoms with Gasteiger partial charge in [-0.05, 0) is 38.9 Å². The van der Waals surface area contributed by atoms with Gasteiger partial charge in [0.15, 0.2) is 8.32 Å². The van der Waals surface area contributed by atoms with Crippen molar-refractivity contribution in [3.05, 3.63) is 12.7 Å². The number of hydrogen-bond donors (Lipinski definition) is 1. The zero-order chi connectivity index (χ0) is 17.8. The van der Waals surface area contributed by atoms with Crippen LogP contribution in [0, 0.1) is 0 Å². The second-order valence-corrected chi connectivity index (χ2v) is 13.2. The minimum Gasteiger partial charge on any atom is -0.444 e. The van der Waals surface area contributed by atoms with E-state index in [2.05, 4.69) is 45.8 Å². The third kappa shape index (κ3) is 7.65. The van der Waals surface area contributed by atoms with E-state index in [0.29, 0.717) is 6.54 Å². The Balaban J connectivity index is 4.82. The largest absolute Gasteiger partial charge is 0.444 e. The molecule has 22 heavy (non-hydrogen) atoms. The van der Waals surface area contributed by atoms with E-state index in [1.54, 1.807) is 6.08 Å². The van der Waals surface area contributed by atoms with Gasteiger partial charge in [0, 0.05) is 6.54 Å². The number of carbonyl (C=O) groups excluding carboxylic acids is 1. The van der Waals surface area contributed by atoms with Crippen molar-refractivity contribution < 1.29 is 14.0 Å². The van der Waals surface area contributed by atoms with Crippen molar-refractivity contribution in [1.29, 1.82) is 0 Å². The third-order valence-electron chi connectivity index (χ3n) is 3.68. The van der Waals surface area contributed by atoms with Crippen LogP contribution in [0.25, 0.3) is 0 Å². The van der Waals surface area contributed by atoms with E-state index in [1.807, 2.05) is 20.8 Å². The van der Waals surface area contributed by atoms with Crippen LogP contribution in [0.2, 0.25) is 18.1 Å². The van der Waals surface area contributed by atoms with Gasteiger partial charge in [-0.3, -0.25) is 0 Å². The average Bonchev–Trinajstić information content (AvgIpc) is 2.29. The second-order valence-electron chi connectivity index (χ2n) is 7.98. The number of carbonyl (C=O) groups is 1. The first-order valence-electron chi connectivity index (χ1n) is 7.61. The average molecular weight is 350 g/mol. The quantitative estimate of drug-likeness (QED) is 0.429. The Morgan fingerprint density at radius 2 is 1.77 bits per heavy atom. The molecule has 1 N–H and O–H groups in total. The molecule has 0 bridgehead atoms. The minimum absolute atomic E-state index is 0.0644. The van der Waals surface area contributed by atoms with E-state index in [9.17, 15) is 4.79 Å². The molecule has 0 saturated heterocycles. The first-order valence-corrected chi connectivity index (χ1v) is 11.0. The normalized spacial score (nSPS) is 15.9. The summed E-state index contributed by atoms with van der Waals surface area (Å²) in [6.07, 6.45) is 0.840. The van der Waals surface area contributed by atoms with Gasteiger partial charge in [0.2, 0.25) is 0 Å². The molecule has 0 heterocycles. The summed E-state index contributed by atoms with van der Waals surface area (Å²) >= 11 is 6.29. The molecule has 130 valence electrons. The molecule has 0 aliphatic heterocycles. The molecular formula is C16H32ClNO3Si. The van der Waals surface area contributed by atoms with Crippen molar-refractivity contribution in [3.8, 4) is 0 Å². The van der Waals surface area contributed by atoms with Crippen LogP contribution in [0.3, 0.4) is 0 Å². The Morgan fingerprint density at radius 3 is 2.14 bits per heavy atom. The van der Waals surface area contributed by atoms with Crippen LogP contribution < -0.4 is 5.32 Å². The molecular weight excluding hydrogens is 318 g/mol. The summed E-state index contributed by atoms with van der Waals surface area (Å²) in [7, 11) is -1.99. The minimum atomic E-state index is -1.99. The van der Waals surface area contributed by atoms with Crippen molar-refractivity contribution in [2.24, 2.45) is 0 Å². The Bertz CT molecular complexity index is 386. The number of alkyl carbamates (subject to hydrolysis) is 1. The number of hydrogen-bond acceptors (Lipinski definition) is 3. The predicted molar refractivity (Wildman–Crippen MR) is 96.1 cm³/mol. The Labute approximate surface area is 141 Å². The fraction of sp³-hybridized carbons (Fsp3) is 0.812. The molecule has 0 fully saturated rings. The lowest BCUT2D eigenvalue weighted by molar-refractivity contribution is 0.0498. The van der Waals surface area contributed by atoms with Crippen molar-refractivity contribution >= 4 is 26.0 Å². The molecule has 0 aromatic heterocycles. The molecule has 4 nitrogen and oxygen atoms in total. The van der Waals surface area contributed by atoms with Crippen LogP contribution in [0.1, 0.15) is 41.5 Å². The molecule has 6 heteroatoms. The van der Waals surface area contributed by atoms with E-state index in [1.165, 1.54) is 0 Å². The first-order chi connectivity index (χ1) is 9.69. The Morgan fingerprint density at radius 1 is 1.27 bits per heavy atom. The summed E-state index contributed by atoms with van der Waals surface area (Å²) in [6, 6.07) is 0. The monoisotopic (exact) mass is 349 g/mol. The summed E-state index contributed by atoms with van der Waals surface area (Å²) in [5.74, 6) is 0. The smallest absolute Gasteiger partial charge is 0.407 e. The highest BCUT2D eigenvalue weighted by Gasteiger charge is 2.40. The summed E-state index contributed by atoms with van der Waals surface area (Å²) < 4.78 is 11.5. The van der Waals surface area contributed by atoms with Gasteiger partial charge < -0.3 is 14.5 Å². The fourth-order valence-corrected chi connectivity index (χ4v) is 2.99. The van der Waals surface area contributed by atoms with Crippen molar-refractivity contribution in [1.82, 2.24) is 5.32 Å². The van der Waals surface area contributed by atoms with Gasteiger partial charge >= 0.3 is 6.09 Å². The summed E-state index contributed by atoms with van der Waals surface area (Å²) in [5.41, 5.74) is -0.529. The molecule has 0 unspecified atom stereocenters. The SMILES string of the molecule is C=C[C@H](Cl)[C@@H](CNC(=O)OC(C)(C)C)O[Si](C)(C)C(C)(C)C. The number of nitrogens with one attached hydrogen (secondary N) is 1. The van der Waals surface area contributed by atoms with E-state index < -0.39 is 20.0 Å². The van der Waals surface area contributed by atoms with Gasteiger partial charge in [-0.2, -0.15) is 0 Å². The van der Waals surface area contributed by atoms with E-state index in [4.69, 9.17) is 20.8 Å². The lowest BCUT2D eigenvalue weighted by atomic mass is 10.2. The van der Waals surface area contributed by atoms with E-state index in [0.717, 1.165) is 0 Å². The number of halogens is 1. The van der Waals surface area contributed by atoms with Crippen LogP contribution in [-0.2, 0) is 9.16 Å². The maximum Gasteiger partial charge on any atom is 0.407 e. The van der Waals surface area contributed by atoms with Crippen molar-refractivity contribution in [2.45, 2.75) is 76.8 Å². The summed E-state index contributed by atoms with van der Waals surface area (Å²) in [6.45, 7) is 20.3. The number of amides is 1. The van der Waals surface area contributed by atoms with Gasteiger partial charge in [-0.1, -0.05) is 26.8 Å². The number of rotatable bonds is 6. The van der Waals surface area contributed by atoms with Crippen LogP contribution >= 0.6 is 11.6 Å². The molecule has 0 aromatic carbocycles. The van der Waals surface area contributed by atoms with Crippen LogP contribution in [0.4, 0.5) is 4.79 Å². The lowest BCUT2D eigenvalue weighted by Crippen LogP contribution is -2.50. The van der Waals surface area contributed by atoms with Gasteiger partial charge in [-0.25, -0.2) is 4.79 Å². The Hall–Kier alpha value is -0.523. The molecule has 0 aromatic rings. The highest BCUT2D eigenvalue weighted by molar-refractivity contribution is 6.74. The molecule has 0 aliphatic rings. The fourth-order valence-electron chi connectivity index (χ4n) is 1.42. The molecule has 0 saturated carbocycles. The topological polar surface area (TPSA) is 47.6 Å². The van der Waals surface area contributed by atoms with Crippen LogP contribution in [0.5, 0.6) is 0 Å². The second kappa shape index (κ2) is 7.84. The molecule has 0 spiro atoms. The van der Waals surface area contributed by atoms with Gasteiger partial charge in [0.1, 0.15) is 5.60 Å². The van der Waals surface area contributed by atoms with Gasteiger partial charge in [0.05, 0.1) is 11.5 Å². The maximum atomic E-state index is 11.8. The van der Waals surface area contributed by atoms with Crippen molar-refractivity contribution in [2.75, 3.05) is 6.54 Å². The van der Waals surface area contributed by atoms with Crippen molar-refractivity contribution in [3.63, 3.8) is 0 Å². The molecule has 2 atom stereocenters. The molecule has 1 amide bonds. The summed E-state index contributed by atoms with van der Waals surface area (Å²) in [5, 5.41) is 2.43. The highest BCUT2D eigenvalue weighted by atomic mass is 35.5.